The summed E-state index contributed by atoms with van der Waals surface area (Å²) in [6, 6.07) is 0. The van der Waals surface area contributed by atoms with E-state index in [2.05, 4.69) is 81.5 Å². The summed E-state index contributed by atoms with van der Waals surface area (Å²) in [5.74, 6) is 0. The normalized spacial score (nSPS) is 12.5. The first-order chi connectivity index (χ1) is 10.9. The Labute approximate surface area is 138 Å². The fraction of sp³-hybridized carbons (Fsp3) is 0. The standard InChI is InChI=1S/C8H2B14/c9-1-3-7(17-21-19-11-3)15-13-5(1)10-6-2(9)4-8(16-14-6)18-22-20-12-4/h13,19H. The van der Waals surface area contributed by atoms with Crippen LogP contribution in [0.25, 0.3) is 20.9 Å². The predicted molar refractivity (Wildman–Crippen MR) is 118 cm³/mol. The van der Waals surface area contributed by atoms with Crippen LogP contribution in [0.1, 0.15) is 5.46 Å². The van der Waals surface area contributed by atoms with Gasteiger partial charge in [0.2, 0.25) is 0 Å². The maximum atomic E-state index is 2.41. The summed E-state index contributed by atoms with van der Waals surface area (Å²) in [5, 5.41) is 8.23. The quantitative estimate of drug-likeness (QED) is 0.275. The van der Waals surface area contributed by atoms with E-state index >= 15 is 0 Å². The molecule has 0 unspecified atom stereocenters. The van der Waals surface area contributed by atoms with Gasteiger partial charge in [-0.3, -0.25) is 0 Å². The molecule has 3 aromatic rings. The number of hydrogen-bond acceptors (Lipinski definition) is 0. The average Bonchev–Trinajstić information content (AvgIpc) is 2.60. The van der Waals surface area contributed by atoms with Gasteiger partial charge in [-0.05, 0) is 0 Å². The topological polar surface area (TPSA) is 0 Å². The SMILES string of the molecule is B1=BC2=BBc3bc4bbc5bbbbc5c4bc3C2=BB1. The van der Waals surface area contributed by atoms with Crippen molar-refractivity contribution in [2.45, 2.75) is 0 Å². The number of hydrogen-bond donors (Lipinski definition) is 0. The van der Waals surface area contributed by atoms with Crippen molar-refractivity contribution in [3.63, 3.8) is 0 Å². The van der Waals surface area contributed by atoms with Gasteiger partial charge in [0.05, 0.1) is 0 Å². The molecule has 0 aliphatic carbocycles. The molecule has 76 valence electrons. The number of fused-ring (bicyclic) bond motifs is 6. The van der Waals surface area contributed by atoms with Crippen LogP contribution in [-0.4, -0.2) is 107 Å². The van der Waals surface area contributed by atoms with E-state index in [1.165, 1.54) is 42.6 Å². The minimum atomic E-state index is 1.04. The third kappa shape index (κ3) is 2.27. The van der Waals surface area contributed by atoms with Gasteiger partial charge in [0.15, 0.2) is 0 Å². The number of rotatable bonds is 0. The van der Waals surface area contributed by atoms with Crippen molar-refractivity contribution < 1.29 is 0 Å². The molecule has 0 bridgehead atoms. The summed E-state index contributed by atoms with van der Waals surface area (Å²) >= 11 is 0. The fourth-order valence-corrected chi connectivity index (χ4v) is 3.77. The van der Waals surface area contributed by atoms with Crippen LogP contribution < -0.4 is 5.36 Å². The molecule has 0 fully saturated rings. The Balaban J connectivity index is 1.86. The van der Waals surface area contributed by atoms with Crippen LogP contribution in [0.2, 0.25) is 0 Å². The van der Waals surface area contributed by atoms with Gasteiger partial charge >= 0.3 is 138 Å². The third-order valence-electron chi connectivity index (χ3n) is 4.87. The van der Waals surface area contributed by atoms with Crippen molar-refractivity contribution in [2.75, 3.05) is 0 Å². The first kappa shape index (κ1) is 14.2. The van der Waals surface area contributed by atoms with Crippen molar-refractivity contribution >= 4 is 133 Å². The Hall–Kier alpha value is -0.131. The molecule has 0 atom stereocenters. The molecule has 0 amide bonds. The van der Waals surface area contributed by atoms with E-state index in [4.69, 9.17) is 0 Å². The van der Waals surface area contributed by atoms with Crippen molar-refractivity contribution in [1.82, 2.24) is 0 Å². The van der Waals surface area contributed by atoms with Crippen LogP contribution in [0.4, 0.5) is 0 Å². The van der Waals surface area contributed by atoms with Crippen molar-refractivity contribution in [2.24, 2.45) is 0 Å². The summed E-state index contributed by atoms with van der Waals surface area (Å²) < 4.78 is 0. The maximum absolute atomic E-state index is 2.41. The molecule has 3 aromatic heterocycles. The van der Waals surface area contributed by atoms with Gasteiger partial charge in [-0.1, -0.05) is 0 Å². The summed E-state index contributed by atoms with van der Waals surface area (Å²) in [5.41, 5.74) is 2.84. The Morgan fingerprint density at radius 1 is 0.773 bits per heavy atom. The van der Waals surface area contributed by atoms with E-state index in [0.717, 1.165) is 14.2 Å². The molecular formula is C8H2B14. The van der Waals surface area contributed by atoms with E-state index in [1.807, 2.05) is 0 Å². The third-order valence-corrected chi connectivity index (χ3v) is 4.87. The molecule has 2 aliphatic heterocycles. The molecule has 5 heterocycles. The average molecular weight is 249 g/mol. The molecule has 22 heavy (non-hydrogen) atoms. The second-order valence-electron chi connectivity index (χ2n) is 6.14. The Morgan fingerprint density at radius 3 is 2.68 bits per heavy atom. The van der Waals surface area contributed by atoms with Gasteiger partial charge in [-0.25, -0.2) is 0 Å². The van der Waals surface area contributed by atoms with E-state index in [0.29, 0.717) is 0 Å². The second-order valence-corrected chi connectivity index (χ2v) is 6.14. The molecule has 0 nitrogen and oxygen atoms in total. The molecule has 2 aliphatic rings. The first-order valence-corrected chi connectivity index (χ1v) is 7.92. The fourth-order valence-electron chi connectivity index (χ4n) is 3.77. The molecule has 0 aromatic carbocycles. The van der Waals surface area contributed by atoms with Crippen molar-refractivity contribution in [3.05, 3.63) is 5.46 Å². The van der Waals surface area contributed by atoms with Crippen LogP contribution in [0.15, 0.2) is 0 Å². The molecule has 0 spiro atoms. The van der Waals surface area contributed by atoms with Gasteiger partial charge in [-0.15, -0.1) is 0 Å². The van der Waals surface area contributed by atoms with Crippen LogP contribution >= 0.6 is 0 Å². The molecule has 14 heteroatoms. The molecule has 5 rings (SSSR count). The Bertz CT molecular complexity index is 1030. The van der Waals surface area contributed by atoms with Gasteiger partial charge in [0, 0.05) is 0 Å². The summed E-state index contributed by atoms with van der Waals surface area (Å²) in [6.45, 7) is 27.2. The predicted octanol–water partition coefficient (Wildman–Crippen LogP) is -5.65. The first-order valence-electron chi connectivity index (χ1n) is 7.92. The zero-order valence-electron chi connectivity index (χ0n) is 12.3. The van der Waals surface area contributed by atoms with Gasteiger partial charge in [0.1, 0.15) is 0 Å². The zero-order chi connectivity index (χ0) is 14.5. The molecule has 0 saturated heterocycles. The zero-order valence-corrected chi connectivity index (χ0v) is 12.3. The van der Waals surface area contributed by atoms with E-state index in [-0.39, 0.29) is 0 Å². The van der Waals surface area contributed by atoms with E-state index < -0.39 is 0 Å². The van der Waals surface area contributed by atoms with Crippen LogP contribution in [0, 0.1) is 0 Å². The van der Waals surface area contributed by atoms with Crippen LogP contribution in [-0.2, 0) is 0 Å². The minimum absolute atomic E-state index is 1.04. The molecular weight excluding hydrogens is 247 g/mol. The van der Waals surface area contributed by atoms with Gasteiger partial charge in [0.25, 0.3) is 0 Å². The Morgan fingerprint density at radius 2 is 1.68 bits per heavy atom. The molecule has 0 N–H and O–H groups in total. The van der Waals surface area contributed by atoms with Crippen molar-refractivity contribution in [3.8, 4) is 0 Å². The van der Waals surface area contributed by atoms with Crippen LogP contribution in [0.3, 0.4) is 0 Å². The van der Waals surface area contributed by atoms with E-state index in [1.54, 1.807) is 0 Å². The molecule has 0 saturated carbocycles. The monoisotopic (exact) mass is 252 g/mol. The summed E-state index contributed by atoms with van der Waals surface area (Å²) in [4.78, 5) is 0. The molecule has 0 radical (unpaired) electrons. The van der Waals surface area contributed by atoms with E-state index in [9.17, 15) is 0 Å². The Kier molecular flexibility index (Phi) is 3.72. The van der Waals surface area contributed by atoms with Gasteiger partial charge in [-0.2, -0.15) is 0 Å². The van der Waals surface area contributed by atoms with Crippen molar-refractivity contribution in [1.29, 1.82) is 0 Å². The summed E-state index contributed by atoms with van der Waals surface area (Å²) in [6.07, 6.45) is 0. The summed E-state index contributed by atoms with van der Waals surface area (Å²) in [7, 11) is 2.08. The van der Waals surface area contributed by atoms with Crippen LogP contribution in [0.5, 0.6) is 0 Å². The second kappa shape index (κ2) is 5.74. The van der Waals surface area contributed by atoms with Gasteiger partial charge < -0.3 is 0 Å².